The number of benzene rings is 2. The highest BCUT2D eigenvalue weighted by Crippen LogP contribution is 2.40. The smallest absolute Gasteiger partial charge is 0.254 e. The van der Waals surface area contributed by atoms with Crippen molar-refractivity contribution in [3.63, 3.8) is 0 Å². The first kappa shape index (κ1) is 19.4. The molecule has 0 radical (unpaired) electrons. The van der Waals surface area contributed by atoms with Crippen LogP contribution in [0.25, 0.3) is 0 Å². The third-order valence-corrected chi connectivity index (χ3v) is 6.87. The van der Waals surface area contributed by atoms with Gasteiger partial charge in [0.15, 0.2) is 11.5 Å². The maximum Gasteiger partial charge on any atom is 0.254 e. The summed E-state index contributed by atoms with van der Waals surface area (Å²) in [6.07, 6.45) is 5.90. The van der Waals surface area contributed by atoms with Crippen molar-refractivity contribution < 1.29 is 14.3 Å². The maximum atomic E-state index is 13.1. The summed E-state index contributed by atoms with van der Waals surface area (Å²) in [6, 6.07) is 16.3. The Morgan fingerprint density at radius 2 is 1.83 bits per heavy atom. The van der Waals surface area contributed by atoms with Crippen LogP contribution in [-0.2, 0) is 6.42 Å². The van der Waals surface area contributed by atoms with Crippen LogP contribution in [-0.4, -0.2) is 55.2 Å². The number of nitrogens with zero attached hydrogens (tertiary/aromatic N) is 2. The SMILES string of the molecule is O=C(c1ccc2c(c1)OCO2)N1CC[C@@]2(CCCN(CCCc3ccccc3)C2)C1. The number of likely N-dealkylation sites (tertiary alicyclic amines) is 2. The first-order valence-electron chi connectivity index (χ1n) is 11.2. The zero-order valence-corrected chi connectivity index (χ0v) is 17.5. The number of carbonyl (C=O) groups is 1. The van der Waals surface area contributed by atoms with Crippen LogP contribution in [0.15, 0.2) is 48.5 Å². The Bertz CT molecular complexity index is 901. The van der Waals surface area contributed by atoms with Gasteiger partial charge in [-0.2, -0.15) is 0 Å². The zero-order chi connectivity index (χ0) is 20.4. The van der Waals surface area contributed by atoms with E-state index in [2.05, 4.69) is 35.2 Å². The van der Waals surface area contributed by atoms with E-state index in [1.807, 2.05) is 23.1 Å². The van der Waals surface area contributed by atoms with Crippen LogP contribution in [0, 0.1) is 5.41 Å². The van der Waals surface area contributed by atoms with Gasteiger partial charge >= 0.3 is 0 Å². The van der Waals surface area contributed by atoms with E-state index in [0.717, 1.165) is 44.8 Å². The van der Waals surface area contributed by atoms with E-state index in [4.69, 9.17) is 9.47 Å². The van der Waals surface area contributed by atoms with E-state index >= 15 is 0 Å². The van der Waals surface area contributed by atoms with Crippen LogP contribution in [0.3, 0.4) is 0 Å². The lowest BCUT2D eigenvalue weighted by Crippen LogP contribution is -2.45. The predicted molar refractivity (Wildman–Crippen MR) is 116 cm³/mol. The molecule has 2 aromatic rings. The molecule has 2 aromatic carbocycles. The van der Waals surface area contributed by atoms with Crippen molar-refractivity contribution in [3.05, 3.63) is 59.7 Å². The molecule has 0 N–H and O–H groups in total. The number of carbonyl (C=O) groups excluding carboxylic acids is 1. The second-order valence-corrected chi connectivity index (χ2v) is 9.01. The summed E-state index contributed by atoms with van der Waals surface area (Å²) in [7, 11) is 0. The average Bonchev–Trinajstić information content (AvgIpc) is 3.41. The first-order chi connectivity index (χ1) is 14.7. The van der Waals surface area contributed by atoms with E-state index in [-0.39, 0.29) is 18.1 Å². The number of amides is 1. The lowest BCUT2D eigenvalue weighted by molar-refractivity contribution is 0.0688. The van der Waals surface area contributed by atoms with E-state index in [0.29, 0.717) is 11.3 Å². The number of aryl methyl sites for hydroxylation is 1. The number of fused-ring (bicyclic) bond motifs is 1. The van der Waals surface area contributed by atoms with Crippen molar-refractivity contribution in [1.29, 1.82) is 0 Å². The van der Waals surface area contributed by atoms with Gasteiger partial charge in [0.25, 0.3) is 5.91 Å². The predicted octanol–water partition coefficient (Wildman–Crippen LogP) is 3.98. The lowest BCUT2D eigenvalue weighted by atomic mass is 9.79. The number of rotatable bonds is 5. The zero-order valence-electron chi connectivity index (χ0n) is 17.5. The summed E-state index contributed by atoms with van der Waals surface area (Å²) in [5.41, 5.74) is 2.38. The summed E-state index contributed by atoms with van der Waals surface area (Å²) in [5.74, 6) is 1.52. The molecule has 1 amide bonds. The minimum Gasteiger partial charge on any atom is -0.454 e. The molecule has 158 valence electrons. The fraction of sp³-hybridized carbons (Fsp3) is 0.480. The average molecular weight is 407 g/mol. The van der Waals surface area contributed by atoms with Gasteiger partial charge in [-0.05, 0) is 69.0 Å². The fourth-order valence-corrected chi connectivity index (χ4v) is 5.31. The van der Waals surface area contributed by atoms with E-state index in [1.54, 1.807) is 0 Å². The Labute approximate surface area is 178 Å². The molecule has 3 heterocycles. The van der Waals surface area contributed by atoms with Gasteiger partial charge in [-0.1, -0.05) is 30.3 Å². The number of piperidine rings is 1. The molecule has 2 fully saturated rings. The van der Waals surface area contributed by atoms with Gasteiger partial charge in [0.2, 0.25) is 6.79 Å². The van der Waals surface area contributed by atoms with E-state index < -0.39 is 0 Å². The Balaban J connectivity index is 1.17. The largest absolute Gasteiger partial charge is 0.454 e. The molecule has 1 spiro atoms. The molecular formula is C25H30N2O3. The third-order valence-electron chi connectivity index (χ3n) is 6.87. The van der Waals surface area contributed by atoms with Crippen molar-refractivity contribution in [2.75, 3.05) is 39.5 Å². The Kier molecular flexibility index (Phi) is 5.38. The molecule has 5 heteroatoms. The summed E-state index contributed by atoms with van der Waals surface area (Å²) < 4.78 is 10.8. The third kappa shape index (κ3) is 4.04. The number of ether oxygens (including phenoxy) is 2. The molecule has 0 saturated carbocycles. The highest BCUT2D eigenvalue weighted by molar-refractivity contribution is 5.95. The van der Waals surface area contributed by atoms with Crippen LogP contribution in [0.2, 0.25) is 0 Å². The van der Waals surface area contributed by atoms with Crippen LogP contribution in [0.4, 0.5) is 0 Å². The van der Waals surface area contributed by atoms with Crippen LogP contribution in [0.5, 0.6) is 11.5 Å². The van der Waals surface area contributed by atoms with Gasteiger partial charge < -0.3 is 19.3 Å². The molecule has 0 aliphatic carbocycles. The molecule has 1 atom stereocenters. The van der Waals surface area contributed by atoms with Gasteiger partial charge in [-0.25, -0.2) is 0 Å². The van der Waals surface area contributed by atoms with Gasteiger partial charge in [0.05, 0.1) is 0 Å². The van der Waals surface area contributed by atoms with Crippen molar-refractivity contribution in [1.82, 2.24) is 9.80 Å². The highest BCUT2D eigenvalue weighted by Gasteiger charge is 2.42. The Hall–Kier alpha value is -2.53. The topological polar surface area (TPSA) is 42.0 Å². The highest BCUT2D eigenvalue weighted by atomic mass is 16.7. The number of hydrogen-bond acceptors (Lipinski definition) is 4. The molecule has 3 aliphatic heterocycles. The fourth-order valence-electron chi connectivity index (χ4n) is 5.31. The standard InChI is InChI=1S/C25H30N2O3/c28-24(21-9-10-22-23(16-21)30-19-29-22)27-15-12-25(18-27)11-5-14-26(17-25)13-4-8-20-6-2-1-3-7-20/h1-3,6-7,9-10,16H,4-5,8,11-15,17-19H2/t25-/m1/s1. The van der Waals surface area contributed by atoms with Crippen molar-refractivity contribution in [3.8, 4) is 11.5 Å². The Morgan fingerprint density at radius 1 is 0.967 bits per heavy atom. The minimum atomic E-state index is 0.117. The van der Waals surface area contributed by atoms with Gasteiger partial charge in [0.1, 0.15) is 0 Å². The van der Waals surface area contributed by atoms with Crippen LogP contribution >= 0.6 is 0 Å². The van der Waals surface area contributed by atoms with Crippen LogP contribution < -0.4 is 9.47 Å². The molecule has 0 unspecified atom stereocenters. The second-order valence-electron chi connectivity index (χ2n) is 9.01. The molecule has 5 rings (SSSR count). The van der Waals surface area contributed by atoms with Crippen molar-refractivity contribution >= 4 is 5.91 Å². The quantitative estimate of drug-likeness (QED) is 0.753. The van der Waals surface area contributed by atoms with Gasteiger partial charge in [-0.3, -0.25) is 4.79 Å². The van der Waals surface area contributed by atoms with Gasteiger partial charge in [0, 0.05) is 30.6 Å². The lowest BCUT2D eigenvalue weighted by Gasteiger charge is -2.40. The molecule has 0 aromatic heterocycles. The molecule has 5 nitrogen and oxygen atoms in total. The maximum absolute atomic E-state index is 13.1. The summed E-state index contributed by atoms with van der Waals surface area (Å²) in [6.45, 7) is 5.41. The van der Waals surface area contributed by atoms with Crippen molar-refractivity contribution in [2.45, 2.75) is 32.1 Å². The summed E-state index contributed by atoms with van der Waals surface area (Å²) in [5, 5.41) is 0. The summed E-state index contributed by atoms with van der Waals surface area (Å²) in [4.78, 5) is 17.8. The second kappa shape index (κ2) is 8.31. The normalized spacial score (nSPS) is 23.3. The van der Waals surface area contributed by atoms with Crippen LogP contribution in [0.1, 0.15) is 41.6 Å². The van der Waals surface area contributed by atoms with Gasteiger partial charge in [-0.15, -0.1) is 0 Å². The molecular weight excluding hydrogens is 376 g/mol. The van der Waals surface area contributed by atoms with E-state index in [9.17, 15) is 4.79 Å². The molecule has 2 saturated heterocycles. The van der Waals surface area contributed by atoms with Crippen molar-refractivity contribution in [2.24, 2.45) is 5.41 Å². The first-order valence-corrected chi connectivity index (χ1v) is 11.2. The Morgan fingerprint density at radius 3 is 2.73 bits per heavy atom. The minimum absolute atomic E-state index is 0.117. The summed E-state index contributed by atoms with van der Waals surface area (Å²) >= 11 is 0. The number of hydrogen-bond donors (Lipinski definition) is 0. The molecule has 30 heavy (non-hydrogen) atoms. The molecule has 3 aliphatic rings. The molecule has 0 bridgehead atoms. The van der Waals surface area contributed by atoms with E-state index in [1.165, 1.54) is 31.4 Å². The monoisotopic (exact) mass is 406 g/mol.